The van der Waals surface area contributed by atoms with Crippen LogP contribution in [-0.4, -0.2) is 51.0 Å². The summed E-state index contributed by atoms with van der Waals surface area (Å²) in [5, 5.41) is 13.8. The highest BCUT2D eigenvalue weighted by molar-refractivity contribution is 5.79. The number of tetrazole rings is 1. The number of nitrogens with one attached hydrogen (secondary N) is 2. The first kappa shape index (κ1) is 20.3. The maximum Gasteiger partial charge on any atom is 0.258 e. The van der Waals surface area contributed by atoms with E-state index >= 15 is 0 Å². The first-order valence-electron chi connectivity index (χ1n) is 11.4. The zero-order chi connectivity index (χ0) is 21.4. The van der Waals surface area contributed by atoms with Crippen LogP contribution in [0.25, 0.3) is 10.9 Å². The number of quaternary nitrogens is 1. The van der Waals surface area contributed by atoms with Crippen LogP contribution < -0.4 is 10.5 Å². The van der Waals surface area contributed by atoms with Crippen LogP contribution in [0, 0.1) is 12.8 Å². The fourth-order valence-electron chi connectivity index (χ4n) is 5.22. The first-order chi connectivity index (χ1) is 15.1. The van der Waals surface area contributed by atoms with Crippen molar-refractivity contribution in [2.45, 2.75) is 58.2 Å². The molecule has 8 nitrogen and oxygen atoms in total. The van der Waals surface area contributed by atoms with Crippen LogP contribution in [-0.2, 0) is 11.3 Å². The summed E-state index contributed by atoms with van der Waals surface area (Å²) in [5.74, 6) is 1.37. The summed E-state index contributed by atoms with van der Waals surface area (Å²) in [6, 6.07) is 7.96. The number of aromatic nitrogens is 5. The van der Waals surface area contributed by atoms with Gasteiger partial charge in [-0.05, 0) is 66.6 Å². The number of fused-ring (bicyclic) bond motifs is 1. The van der Waals surface area contributed by atoms with Crippen molar-refractivity contribution >= 4 is 10.9 Å². The number of rotatable bonds is 5. The Hall–Kier alpha value is -2.58. The normalized spacial score (nSPS) is 25.2. The minimum atomic E-state index is -0.201. The molecular weight excluding hydrogens is 392 g/mol. The molecule has 5 rings (SSSR count). The van der Waals surface area contributed by atoms with Gasteiger partial charge in [0, 0.05) is 18.0 Å². The second-order valence-corrected chi connectivity index (χ2v) is 9.29. The Bertz CT molecular complexity index is 1120. The van der Waals surface area contributed by atoms with Gasteiger partial charge in [-0.25, -0.2) is 4.68 Å². The molecule has 0 radical (unpaired) electrons. The van der Waals surface area contributed by atoms with Crippen molar-refractivity contribution < 1.29 is 9.64 Å². The smallest absolute Gasteiger partial charge is 0.258 e. The Labute approximate surface area is 181 Å². The Morgan fingerprint density at radius 2 is 2.19 bits per heavy atom. The Morgan fingerprint density at radius 1 is 1.29 bits per heavy atom. The molecule has 2 aromatic heterocycles. The van der Waals surface area contributed by atoms with Crippen molar-refractivity contribution in [3.05, 3.63) is 51.6 Å². The molecule has 2 aliphatic rings. The zero-order valence-electron chi connectivity index (χ0n) is 18.3. The Morgan fingerprint density at radius 3 is 3.00 bits per heavy atom. The van der Waals surface area contributed by atoms with Crippen LogP contribution >= 0.6 is 0 Å². The molecule has 2 aliphatic heterocycles. The lowest BCUT2D eigenvalue weighted by Crippen LogP contribution is -3.14. The summed E-state index contributed by atoms with van der Waals surface area (Å²) in [6.45, 7) is 7.80. The standard InChI is InChI=1S/C23H30N6O2/c1-15-7-8-20-17(11-15)12-19(23(30)24-20)21(28-9-3-5-16(2)13-28)22-25-26-27-29(22)14-18-6-4-10-31-18/h7-8,11-12,16,18,21H,3-6,9-10,13-14H2,1-2H3,(H,24,30)/p+1/t16-,18-,21-/m0/s1. The van der Waals surface area contributed by atoms with Gasteiger partial charge in [-0.1, -0.05) is 18.6 Å². The number of aromatic amines is 1. The molecule has 164 valence electrons. The minimum Gasteiger partial charge on any atom is -0.376 e. The van der Waals surface area contributed by atoms with E-state index in [0.29, 0.717) is 12.5 Å². The van der Waals surface area contributed by atoms with E-state index in [2.05, 4.69) is 40.4 Å². The number of nitrogens with zero attached hydrogens (tertiary/aromatic N) is 4. The fraction of sp³-hybridized carbons (Fsp3) is 0.565. The van der Waals surface area contributed by atoms with Crippen LogP contribution in [0.2, 0.25) is 0 Å². The van der Waals surface area contributed by atoms with E-state index in [9.17, 15) is 4.79 Å². The second-order valence-electron chi connectivity index (χ2n) is 9.29. The van der Waals surface area contributed by atoms with Gasteiger partial charge in [-0.15, -0.1) is 5.10 Å². The van der Waals surface area contributed by atoms with E-state index < -0.39 is 0 Å². The SMILES string of the molecule is Cc1ccc2[nH]c(=O)c([C@@H](c3nnnn3C[C@@H]3CCCO3)[NH+]3CCC[C@H](C)C3)cc2c1. The number of pyridine rings is 1. The number of likely N-dealkylation sites (tertiary alicyclic amines) is 1. The molecule has 4 heterocycles. The van der Waals surface area contributed by atoms with Gasteiger partial charge in [0.15, 0.2) is 6.04 Å². The molecule has 0 spiro atoms. The van der Waals surface area contributed by atoms with E-state index in [1.807, 2.05) is 22.9 Å². The molecule has 2 N–H and O–H groups in total. The predicted molar refractivity (Wildman–Crippen MR) is 117 cm³/mol. The molecule has 0 saturated carbocycles. The minimum absolute atomic E-state index is 0.0567. The summed E-state index contributed by atoms with van der Waals surface area (Å²) in [4.78, 5) is 17.7. The van der Waals surface area contributed by atoms with Gasteiger partial charge in [0.05, 0.1) is 31.3 Å². The van der Waals surface area contributed by atoms with Gasteiger partial charge in [-0.3, -0.25) is 4.79 Å². The molecule has 8 heteroatoms. The summed E-state index contributed by atoms with van der Waals surface area (Å²) >= 11 is 0. The van der Waals surface area contributed by atoms with Gasteiger partial charge in [0.25, 0.3) is 5.56 Å². The van der Waals surface area contributed by atoms with Crippen LogP contribution in [0.1, 0.15) is 55.6 Å². The van der Waals surface area contributed by atoms with Gasteiger partial charge in [0.1, 0.15) is 0 Å². The monoisotopic (exact) mass is 423 g/mol. The average Bonchev–Trinajstić information content (AvgIpc) is 3.42. The van der Waals surface area contributed by atoms with Gasteiger partial charge < -0.3 is 14.6 Å². The van der Waals surface area contributed by atoms with Crippen molar-refractivity contribution in [1.29, 1.82) is 0 Å². The summed E-state index contributed by atoms with van der Waals surface area (Å²) in [5.41, 5.74) is 2.72. The molecule has 2 saturated heterocycles. The second kappa shape index (κ2) is 8.51. The maximum absolute atomic E-state index is 13.3. The molecule has 3 aromatic rings. The lowest BCUT2D eigenvalue weighted by molar-refractivity contribution is -0.934. The summed E-state index contributed by atoms with van der Waals surface area (Å²) in [6.07, 6.45) is 4.60. The number of benzene rings is 1. The Balaban J connectivity index is 1.60. The van der Waals surface area contributed by atoms with Gasteiger partial charge in [0.2, 0.25) is 5.82 Å². The quantitative estimate of drug-likeness (QED) is 0.648. The topological polar surface area (TPSA) is 90.1 Å². The molecule has 31 heavy (non-hydrogen) atoms. The van der Waals surface area contributed by atoms with Crippen molar-refractivity contribution in [3.63, 3.8) is 0 Å². The number of aryl methyl sites for hydroxylation is 1. The molecule has 1 unspecified atom stereocenters. The van der Waals surface area contributed by atoms with Crippen LogP contribution in [0.4, 0.5) is 0 Å². The number of hydrogen-bond donors (Lipinski definition) is 2. The molecular formula is C23H31N6O2+. The van der Waals surface area contributed by atoms with Crippen molar-refractivity contribution in [3.8, 4) is 0 Å². The zero-order valence-corrected chi connectivity index (χ0v) is 18.3. The average molecular weight is 424 g/mol. The molecule has 0 aliphatic carbocycles. The van der Waals surface area contributed by atoms with Crippen molar-refractivity contribution in [2.24, 2.45) is 5.92 Å². The van der Waals surface area contributed by atoms with Crippen molar-refractivity contribution in [1.82, 2.24) is 25.2 Å². The summed E-state index contributed by atoms with van der Waals surface area (Å²) in [7, 11) is 0. The number of hydrogen-bond acceptors (Lipinski definition) is 5. The first-order valence-corrected chi connectivity index (χ1v) is 11.4. The van der Waals surface area contributed by atoms with E-state index in [-0.39, 0.29) is 17.7 Å². The van der Waals surface area contributed by atoms with Crippen LogP contribution in [0.15, 0.2) is 29.1 Å². The third-order valence-corrected chi connectivity index (χ3v) is 6.77. The number of ether oxygens (including phenoxy) is 1. The lowest BCUT2D eigenvalue weighted by Gasteiger charge is -2.33. The van der Waals surface area contributed by atoms with E-state index in [1.165, 1.54) is 16.9 Å². The van der Waals surface area contributed by atoms with Gasteiger partial charge in [-0.2, -0.15) is 0 Å². The predicted octanol–water partition coefficient (Wildman–Crippen LogP) is 1.41. The maximum atomic E-state index is 13.3. The van der Waals surface area contributed by atoms with Crippen LogP contribution in [0.3, 0.4) is 0 Å². The van der Waals surface area contributed by atoms with Gasteiger partial charge >= 0.3 is 0 Å². The highest BCUT2D eigenvalue weighted by atomic mass is 16.5. The van der Waals surface area contributed by atoms with Crippen molar-refractivity contribution in [2.75, 3.05) is 19.7 Å². The van der Waals surface area contributed by atoms with Crippen LogP contribution in [0.5, 0.6) is 0 Å². The Kier molecular flexibility index (Phi) is 5.58. The van der Waals surface area contributed by atoms with E-state index in [4.69, 9.17) is 4.74 Å². The molecule has 4 atom stereocenters. The highest BCUT2D eigenvalue weighted by Gasteiger charge is 2.37. The molecule has 2 fully saturated rings. The fourth-order valence-corrected chi connectivity index (χ4v) is 5.22. The lowest BCUT2D eigenvalue weighted by atomic mass is 9.95. The third kappa shape index (κ3) is 4.14. The summed E-state index contributed by atoms with van der Waals surface area (Å²) < 4.78 is 7.70. The van der Waals surface area contributed by atoms with E-state index in [0.717, 1.165) is 61.2 Å². The largest absolute Gasteiger partial charge is 0.376 e. The number of piperidine rings is 1. The highest BCUT2D eigenvalue weighted by Crippen LogP contribution is 2.22. The number of H-pyrrole nitrogens is 1. The van der Waals surface area contributed by atoms with E-state index in [1.54, 1.807) is 0 Å². The molecule has 0 bridgehead atoms. The molecule has 0 amide bonds. The third-order valence-electron chi connectivity index (χ3n) is 6.77. The molecule has 1 aromatic carbocycles.